The summed E-state index contributed by atoms with van der Waals surface area (Å²) in [4.78, 5) is 0. The minimum Gasteiger partial charge on any atom is -0.194 e. The molecule has 90 valence electrons. The molecule has 1 N–H and O–H groups in total. The highest BCUT2D eigenvalue weighted by Gasteiger charge is 2.14. The third-order valence-electron chi connectivity index (χ3n) is 3.30. The first kappa shape index (κ1) is 11.0. The predicted molar refractivity (Wildman–Crippen MR) is 73.7 cm³/mol. The van der Waals surface area contributed by atoms with Crippen molar-refractivity contribution >= 4 is 6.21 Å². The van der Waals surface area contributed by atoms with Gasteiger partial charge in [-0.25, -0.2) is 0 Å². The lowest BCUT2D eigenvalue weighted by atomic mass is 10.0. The van der Waals surface area contributed by atoms with E-state index in [2.05, 4.69) is 64.9 Å². The van der Waals surface area contributed by atoms with Crippen LogP contribution >= 0.6 is 0 Å². The Morgan fingerprint density at radius 2 is 1.72 bits per heavy atom. The van der Waals surface area contributed by atoms with Gasteiger partial charge in [-0.2, -0.15) is 5.43 Å². The summed E-state index contributed by atoms with van der Waals surface area (Å²) < 4.78 is 2.19. The molecule has 0 unspecified atom stereocenters. The number of rotatable bonds is 3. The van der Waals surface area contributed by atoms with E-state index in [-0.39, 0.29) is 0 Å². The SMILES string of the molecule is C1=[N+](NCc2ccccc2)CCc2ccccc21. The van der Waals surface area contributed by atoms with Gasteiger partial charge in [0, 0.05) is 12.0 Å². The maximum Gasteiger partial charge on any atom is 0.200 e. The normalized spacial score (nSPS) is 13.7. The Morgan fingerprint density at radius 1 is 0.944 bits per heavy atom. The van der Waals surface area contributed by atoms with Crippen LogP contribution in [0.5, 0.6) is 0 Å². The summed E-state index contributed by atoms with van der Waals surface area (Å²) in [6.07, 6.45) is 3.30. The molecule has 0 bridgehead atoms. The van der Waals surface area contributed by atoms with Gasteiger partial charge in [-0.3, -0.25) is 0 Å². The summed E-state index contributed by atoms with van der Waals surface area (Å²) in [6.45, 7) is 1.91. The number of hydrogen-bond donors (Lipinski definition) is 1. The lowest BCUT2D eigenvalue weighted by molar-refractivity contribution is -0.586. The van der Waals surface area contributed by atoms with Gasteiger partial charge in [0.15, 0.2) is 6.54 Å². The monoisotopic (exact) mass is 237 g/mol. The van der Waals surface area contributed by atoms with Crippen molar-refractivity contribution < 1.29 is 4.68 Å². The molecule has 0 spiro atoms. The van der Waals surface area contributed by atoms with Crippen LogP contribution in [-0.2, 0) is 13.0 Å². The quantitative estimate of drug-likeness (QED) is 0.810. The topological polar surface area (TPSA) is 15.0 Å². The molecule has 0 atom stereocenters. The fourth-order valence-electron chi connectivity index (χ4n) is 2.27. The van der Waals surface area contributed by atoms with Crippen molar-refractivity contribution in [2.45, 2.75) is 13.0 Å². The van der Waals surface area contributed by atoms with Crippen LogP contribution < -0.4 is 5.43 Å². The Hall–Kier alpha value is -2.09. The minimum absolute atomic E-state index is 0.875. The van der Waals surface area contributed by atoms with Crippen molar-refractivity contribution in [3.8, 4) is 0 Å². The highest BCUT2D eigenvalue weighted by molar-refractivity contribution is 5.78. The fraction of sp³-hybridized carbons (Fsp3) is 0.188. The van der Waals surface area contributed by atoms with Gasteiger partial charge < -0.3 is 0 Å². The van der Waals surface area contributed by atoms with E-state index in [1.54, 1.807) is 0 Å². The van der Waals surface area contributed by atoms with E-state index in [1.165, 1.54) is 16.7 Å². The van der Waals surface area contributed by atoms with Crippen LogP contribution in [0.3, 0.4) is 0 Å². The molecule has 0 saturated heterocycles. The van der Waals surface area contributed by atoms with E-state index in [0.717, 1.165) is 19.5 Å². The zero-order chi connectivity index (χ0) is 12.2. The molecular formula is C16H17N2+. The first-order valence-electron chi connectivity index (χ1n) is 6.39. The zero-order valence-electron chi connectivity index (χ0n) is 10.3. The van der Waals surface area contributed by atoms with E-state index in [4.69, 9.17) is 0 Å². The summed E-state index contributed by atoms with van der Waals surface area (Å²) in [5.74, 6) is 0. The number of nitrogens with one attached hydrogen (secondary N) is 1. The number of hydrogen-bond acceptors (Lipinski definition) is 1. The molecule has 2 heteroatoms. The zero-order valence-corrected chi connectivity index (χ0v) is 10.3. The van der Waals surface area contributed by atoms with Gasteiger partial charge in [0.1, 0.15) is 0 Å². The molecule has 2 aromatic rings. The standard InChI is InChI=1S/C16H17N2/c1-2-6-14(7-3-1)12-17-18-11-10-15-8-4-5-9-16(15)13-18/h1-9,13,17H,10-12H2/q+1. The van der Waals surface area contributed by atoms with Crippen molar-refractivity contribution in [3.05, 3.63) is 71.3 Å². The molecule has 3 rings (SSSR count). The molecule has 2 nitrogen and oxygen atoms in total. The van der Waals surface area contributed by atoms with Gasteiger partial charge in [0.25, 0.3) is 0 Å². The minimum atomic E-state index is 0.875. The third kappa shape index (κ3) is 2.43. The van der Waals surface area contributed by atoms with E-state index >= 15 is 0 Å². The Kier molecular flexibility index (Phi) is 3.09. The van der Waals surface area contributed by atoms with Crippen molar-refractivity contribution in [3.63, 3.8) is 0 Å². The summed E-state index contributed by atoms with van der Waals surface area (Å²) >= 11 is 0. The molecule has 1 aliphatic rings. The highest BCUT2D eigenvalue weighted by atomic mass is 15.4. The van der Waals surface area contributed by atoms with Crippen LogP contribution in [0.4, 0.5) is 0 Å². The average Bonchev–Trinajstić information content (AvgIpc) is 2.46. The predicted octanol–water partition coefficient (Wildman–Crippen LogP) is 2.38. The molecule has 0 saturated carbocycles. The van der Waals surface area contributed by atoms with Gasteiger partial charge >= 0.3 is 0 Å². The number of hydrazone groups is 1. The van der Waals surface area contributed by atoms with Crippen molar-refractivity contribution in [1.29, 1.82) is 0 Å². The first-order chi connectivity index (χ1) is 8.92. The smallest absolute Gasteiger partial charge is 0.194 e. The van der Waals surface area contributed by atoms with Crippen LogP contribution in [-0.4, -0.2) is 17.4 Å². The fourth-order valence-corrected chi connectivity index (χ4v) is 2.27. The Bertz CT molecular complexity index is 558. The summed E-state index contributed by atoms with van der Waals surface area (Å²) in [6, 6.07) is 19.1. The lowest BCUT2D eigenvalue weighted by Crippen LogP contribution is -2.34. The van der Waals surface area contributed by atoms with Gasteiger partial charge in [0.05, 0.1) is 6.54 Å². The second-order valence-electron chi connectivity index (χ2n) is 4.59. The van der Waals surface area contributed by atoms with E-state index in [1.807, 2.05) is 6.07 Å². The molecule has 0 radical (unpaired) electrons. The van der Waals surface area contributed by atoms with Crippen LogP contribution in [0, 0.1) is 0 Å². The molecule has 0 aliphatic carbocycles. The molecule has 2 aromatic carbocycles. The molecule has 0 fully saturated rings. The highest BCUT2D eigenvalue weighted by Crippen LogP contribution is 2.10. The Labute approximate surface area is 108 Å². The molecule has 1 aliphatic heterocycles. The Morgan fingerprint density at radius 3 is 2.61 bits per heavy atom. The van der Waals surface area contributed by atoms with Crippen LogP contribution in [0.1, 0.15) is 16.7 Å². The van der Waals surface area contributed by atoms with Gasteiger partial charge in [-0.05, 0) is 17.2 Å². The molecule has 0 aromatic heterocycles. The number of fused-ring (bicyclic) bond motifs is 1. The number of hydrazine groups is 1. The number of benzene rings is 2. The van der Waals surface area contributed by atoms with Crippen molar-refractivity contribution in [2.24, 2.45) is 0 Å². The van der Waals surface area contributed by atoms with E-state index < -0.39 is 0 Å². The second kappa shape index (κ2) is 5.05. The van der Waals surface area contributed by atoms with Crippen LogP contribution in [0.2, 0.25) is 0 Å². The second-order valence-corrected chi connectivity index (χ2v) is 4.59. The summed E-state index contributed by atoms with van der Waals surface area (Å²) in [7, 11) is 0. The summed E-state index contributed by atoms with van der Waals surface area (Å²) in [5.41, 5.74) is 7.53. The first-order valence-corrected chi connectivity index (χ1v) is 6.39. The van der Waals surface area contributed by atoms with Crippen LogP contribution in [0.15, 0.2) is 54.6 Å². The molecular weight excluding hydrogens is 220 g/mol. The third-order valence-corrected chi connectivity index (χ3v) is 3.30. The van der Waals surface area contributed by atoms with Crippen molar-refractivity contribution in [1.82, 2.24) is 5.43 Å². The molecule has 18 heavy (non-hydrogen) atoms. The van der Waals surface area contributed by atoms with Crippen molar-refractivity contribution in [2.75, 3.05) is 6.54 Å². The number of nitrogens with zero attached hydrogens (tertiary/aromatic N) is 1. The van der Waals surface area contributed by atoms with Crippen LogP contribution in [0.25, 0.3) is 0 Å². The average molecular weight is 237 g/mol. The van der Waals surface area contributed by atoms with Gasteiger partial charge in [-0.15, -0.1) is 4.68 Å². The molecule has 0 amide bonds. The maximum atomic E-state index is 3.46. The van der Waals surface area contributed by atoms with E-state index in [0.29, 0.717) is 0 Å². The van der Waals surface area contributed by atoms with Gasteiger partial charge in [0.2, 0.25) is 6.21 Å². The van der Waals surface area contributed by atoms with E-state index in [9.17, 15) is 0 Å². The Balaban J connectivity index is 1.70. The largest absolute Gasteiger partial charge is 0.200 e. The van der Waals surface area contributed by atoms with Gasteiger partial charge in [-0.1, -0.05) is 48.5 Å². The summed E-state index contributed by atoms with van der Waals surface area (Å²) in [5, 5.41) is 0. The molecule has 1 heterocycles. The maximum absolute atomic E-state index is 3.46. The lowest BCUT2D eigenvalue weighted by Gasteiger charge is -2.12.